The molecule has 0 aliphatic carbocycles. The number of aromatic nitrogens is 2. The molecule has 17 heavy (non-hydrogen) atoms. The van der Waals surface area contributed by atoms with Crippen LogP contribution < -0.4 is 5.32 Å². The van der Waals surface area contributed by atoms with Gasteiger partial charge in [0.25, 0.3) is 0 Å². The van der Waals surface area contributed by atoms with E-state index in [2.05, 4.69) is 31.2 Å². The number of hydrogen-bond donors (Lipinski definition) is 1. The molecule has 0 atom stereocenters. The van der Waals surface area contributed by atoms with E-state index in [9.17, 15) is 0 Å². The van der Waals surface area contributed by atoms with Crippen LogP contribution in [0.5, 0.6) is 0 Å². The lowest BCUT2D eigenvalue weighted by Crippen LogP contribution is -2.22. The van der Waals surface area contributed by atoms with Gasteiger partial charge in [-0.25, -0.2) is 0 Å². The molecule has 0 unspecified atom stereocenters. The third kappa shape index (κ3) is 2.97. The summed E-state index contributed by atoms with van der Waals surface area (Å²) in [7, 11) is 0. The third-order valence-corrected chi connectivity index (χ3v) is 2.76. The Morgan fingerprint density at radius 3 is 2.88 bits per heavy atom. The number of hydrogen-bond acceptors (Lipinski definition) is 3. The Balaban J connectivity index is 2.06. The molecule has 2 heterocycles. The van der Waals surface area contributed by atoms with E-state index < -0.39 is 0 Å². The highest BCUT2D eigenvalue weighted by Gasteiger charge is 2.08. The lowest BCUT2D eigenvalue weighted by molar-refractivity contribution is 0.457. The van der Waals surface area contributed by atoms with Crippen LogP contribution in [0.4, 0.5) is 0 Å². The van der Waals surface area contributed by atoms with Crippen LogP contribution in [0.3, 0.4) is 0 Å². The molecule has 0 aliphatic rings. The van der Waals surface area contributed by atoms with E-state index in [1.807, 2.05) is 23.0 Å². The van der Waals surface area contributed by atoms with Crippen LogP contribution in [0, 0.1) is 6.92 Å². The van der Waals surface area contributed by atoms with E-state index in [1.165, 1.54) is 5.56 Å². The summed E-state index contributed by atoms with van der Waals surface area (Å²) in [6, 6.07) is 4.48. The minimum absolute atomic E-state index is 0.458. The van der Waals surface area contributed by atoms with Gasteiger partial charge in [-0.05, 0) is 19.1 Å². The average molecular weight is 233 g/mol. The van der Waals surface area contributed by atoms with Crippen LogP contribution in [-0.4, -0.2) is 15.8 Å². The van der Waals surface area contributed by atoms with Gasteiger partial charge >= 0.3 is 0 Å². The SMILES string of the molecule is Cc1ccnn1Cc1ccoc1CNC(C)C. The summed E-state index contributed by atoms with van der Waals surface area (Å²) in [6.45, 7) is 7.84. The standard InChI is InChI=1S/C13H19N3O/c1-10(2)14-8-13-12(5-7-17-13)9-16-11(3)4-6-15-16/h4-7,10,14H,8-9H2,1-3H3. The summed E-state index contributed by atoms with van der Waals surface area (Å²) < 4.78 is 7.48. The fraction of sp³-hybridized carbons (Fsp3) is 0.462. The van der Waals surface area contributed by atoms with Crippen molar-refractivity contribution in [1.29, 1.82) is 0 Å². The molecule has 2 aromatic rings. The van der Waals surface area contributed by atoms with Gasteiger partial charge in [0, 0.05) is 23.5 Å². The number of furan rings is 1. The first-order chi connectivity index (χ1) is 8.16. The maximum Gasteiger partial charge on any atom is 0.122 e. The second-order valence-corrected chi connectivity index (χ2v) is 4.53. The Kier molecular flexibility index (Phi) is 3.64. The van der Waals surface area contributed by atoms with Crippen molar-refractivity contribution in [3.05, 3.63) is 41.6 Å². The monoisotopic (exact) mass is 233 g/mol. The van der Waals surface area contributed by atoms with Crippen LogP contribution in [-0.2, 0) is 13.1 Å². The molecule has 0 fully saturated rings. The zero-order chi connectivity index (χ0) is 12.3. The van der Waals surface area contributed by atoms with Gasteiger partial charge in [-0.3, -0.25) is 4.68 Å². The van der Waals surface area contributed by atoms with Gasteiger partial charge in [-0.15, -0.1) is 0 Å². The van der Waals surface area contributed by atoms with E-state index in [-0.39, 0.29) is 0 Å². The van der Waals surface area contributed by atoms with Crippen molar-refractivity contribution in [2.45, 2.75) is 39.9 Å². The molecular formula is C13H19N3O. The number of rotatable bonds is 5. The lowest BCUT2D eigenvalue weighted by atomic mass is 10.2. The minimum Gasteiger partial charge on any atom is -0.468 e. The second-order valence-electron chi connectivity index (χ2n) is 4.53. The predicted octanol–water partition coefficient (Wildman–Crippen LogP) is 2.33. The molecule has 0 spiro atoms. The van der Waals surface area contributed by atoms with Gasteiger partial charge in [-0.2, -0.15) is 5.10 Å². The maximum absolute atomic E-state index is 5.50. The molecular weight excluding hydrogens is 214 g/mol. The first-order valence-electron chi connectivity index (χ1n) is 5.94. The largest absolute Gasteiger partial charge is 0.468 e. The van der Waals surface area contributed by atoms with Crippen molar-refractivity contribution in [3.8, 4) is 0 Å². The fourth-order valence-electron chi connectivity index (χ4n) is 1.69. The fourth-order valence-corrected chi connectivity index (χ4v) is 1.69. The first kappa shape index (κ1) is 11.9. The Morgan fingerprint density at radius 2 is 2.24 bits per heavy atom. The Bertz CT molecular complexity index is 470. The van der Waals surface area contributed by atoms with Crippen LogP contribution in [0.15, 0.2) is 29.0 Å². The second kappa shape index (κ2) is 5.19. The summed E-state index contributed by atoms with van der Waals surface area (Å²) in [5.41, 5.74) is 2.35. The number of nitrogens with zero attached hydrogens (tertiary/aromatic N) is 2. The lowest BCUT2D eigenvalue weighted by Gasteiger charge is -2.08. The summed E-state index contributed by atoms with van der Waals surface area (Å²) in [4.78, 5) is 0. The topological polar surface area (TPSA) is 43.0 Å². The maximum atomic E-state index is 5.50. The van der Waals surface area contributed by atoms with E-state index in [4.69, 9.17) is 4.42 Å². The van der Waals surface area contributed by atoms with Crippen LogP contribution in [0.25, 0.3) is 0 Å². The zero-order valence-electron chi connectivity index (χ0n) is 10.6. The van der Waals surface area contributed by atoms with Crippen molar-refractivity contribution >= 4 is 0 Å². The molecule has 0 bridgehead atoms. The van der Waals surface area contributed by atoms with Gasteiger partial charge in [0.15, 0.2) is 0 Å². The average Bonchev–Trinajstić information content (AvgIpc) is 2.87. The highest BCUT2D eigenvalue weighted by molar-refractivity contribution is 5.18. The molecule has 0 radical (unpaired) electrons. The van der Waals surface area contributed by atoms with Crippen LogP contribution in [0.2, 0.25) is 0 Å². The first-order valence-corrected chi connectivity index (χ1v) is 5.94. The predicted molar refractivity (Wildman–Crippen MR) is 66.7 cm³/mol. The van der Waals surface area contributed by atoms with E-state index in [1.54, 1.807) is 6.26 Å². The number of nitrogens with one attached hydrogen (secondary N) is 1. The molecule has 0 aromatic carbocycles. The summed E-state index contributed by atoms with van der Waals surface area (Å²) in [6.07, 6.45) is 3.56. The van der Waals surface area contributed by atoms with Crippen LogP contribution in [0.1, 0.15) is 30.9 Å². The summed E-state index contributed by atoms with van der Waals surface area (Å²) >= 11 is 0. The number of aryl methyl sites for hydroxylation is 1. The van der Waals surface area contributed by atoms with Gasteiger partial charge in [-0.1, -0.05) is 13.8 Å². The van der Waals surface area contributed by atoms with E-state index >= 15 is 0 Å². The van der Waals surface area contributed by atoms with Crippen molar-refractivity contribution in [1.82, 2.24) is 15.1 Å². The van der Waals surface area contributed by atoms with E-state index in [0.29, 0.717) is 6.04 Å². The van der Waals surface area contributed by atoms with Crippen molar-refractivity contribution in [2.24, 2.45) is 0 Å². The van der Waals surface area contributed by atoms with Crippen molar-refractivity contribution in [2.75, 3.05) is 0 Å². The molecule has 0 aliphatic heterocycles. The van der Waals surface area contributed by atoms with Gasteiger partial charge < -0.3 is 9.73 Å². The minimum atomic E-state index is 0.458. The van der Waals surface area contributed by atoms with Crippen molar-refractivity contribution in [3.63, 3.8) is 0 Å². The molecule has 2 rings (SSSR count). The molecule has 0 saturated heterocycles. The molecule has 0 amide bonds. The molecule has 4 nitrogen and oxygen atoms in total. The summed E-state index contributed by atoms with van der Waals surface area (Å²) in [5.74, 6) is 0.994. The third-order valence-electron chi connectivity index (χ3n) is 2.76. The molecule has 1 N–H and O–H groups in total. The zero-order valence-corrected chi connectivity index (χ0v) is 10.6. The van der Waals surface area contributed by atoms with Crippen molar-refractivity contribution < 1.29 is 4.42 Å². The quantitative estimate of drug-likeness (QED) is 0.862. The van der Waals surface area contributed by atoms with Crippen LogP contribution >= 0.6 is 0 Å². The Morgan fingerprint density at radius 1 is 1.41 bits per heavy atom. The molecule has 92 valence electrons. The molecule has 0 saturated carbocycles. The normalized spacial score (nSPS) is 11.3. The molecule has 2 aromatic heterocycles. The van der Waals surface area contributed by atoms with Gasteiger partial charge in [0.05, 0.1) is 19.4 Å². The highest BCUT2D eigenvalue weighted by Crippen LogP contribution is 2.13. The van der Waals surface area contributed by atoms with E-state index in [0.717, 1.165) is 24.5 Å². The van der Waals surface area contributed by atoms with Gasteiger partial charge in [0.1, 0.15) is 5.76 Å². The Labute approximate surface area is 102 Å². The Hall–Kier alpha value is -1.55. The highest BCUT2D eigenvalue weighted by atomic mass is 16.3. The smallest absolute Gasteiger partial charge is 0.122 e. The van der Waals surface area contributed by atoms with Gasteiger partial charge in [0.2, 0.25) is 0 Å². The summed E-state index contributed by atoms with van der Waals surface area (Å²) in [5, 5.41) is 7.64. The molecule has 4 heteroatoms.